The minimum absolute atomic E-state index is 0.0595. The Bertz CT molecular complexity index is 628. The lowest BCUT2D eigenvalue weighted by atomic mass is 10.2. The zero-order valence-electron chi connectivity index (χ0n) is 12.8. The number of aromatic nitrogens is 2. The molecule has 0 saturated heterocycles. The highest BCUT2D eigenvalue weighted by molar-refractivity contribution is 7.99. The van der Waals surface area contributed by atoms with E-state index in [1.807, 2.05) is 45.0 Å². The monoisotopic (exact) mass is 321 g/mol. The average Bonchev–Trinajstić information content (AvgIpc) is 2.90. The second-order valence-corrected chi connectivity index (χ2v) is 6.00. The minimum Gasteiger partial charge on any atom is -0.484 e. The van der Waals surface area contributed by atoms with E-state index in [4.69, 9.17) is 9.15 Å². The van der Waals surface area contributed by atoms with Gasteiger partial charge in [0, 0.05) is 6.04 Å². The molecule has 0 aliphatic carbocycles. The van der Waals surface area contributed by atoms with Gasteiger partial charge in [-0.1, -0.05) is 23.9 Å². The molecular weight excluding hydrogens is 302 g/mol. The van der Waals surface area contributed by atoms with Crippen LogP contribution in [0, 0.1) is 6.92 Å². The van der Waals surface area contributed by atoms with Gasteiger partial charge in [-0.25, -0.2) is 0 Å². The summed E-state index contributed by atoms with van der Waals surface area (Å²) in [6.45, 7) is 6.03. The van der Waals surface area contributed by atoms with Crippen LogP contribution in [0.25, 0.3) is 0 Å². The smallest absolute Gasteiger partial charge is 0.277 e. The highest BCUT2D eigenvalue weighted by atomic mass is 32.2. The largest absolute Gasteiger partial charge is 0.484 e. The fourth-order valence-corrected chi connectivity index (χ4v) is 2.29. The summed E-state index contributed by atoms with van der Waals surface area (Å²) in [5.74, 6) is 1.33. The fourth-order valence-electron chi connectivity index (χ4n) is 1.70. The van der Waals surface area contributed by atoms with E-state index < -0.39 is 0 Å². The Hall–Kier alpha value is -2.02. The van der Waals surface area contributed by atoms with Crippen molar-refractivity contribution in [3.63, 3.8) is 0 Å². The van der Waals surface area contributed by atoms with Crippen LogP contribution in [0.5, 0.6) is 5.75 Å². The predicted molar refractivity (Wildman–Crippen MR) is 83.8 cm³/mol. The van der Waals surface area contributed by atoms with Crippen LogP contribution in [0.4, 0.5) is 0 Å². The lowest BCUT2D eigenvalue weighted by Crippen LogP contribution is -2.31. The number of aryl methyl sites for hydroxylation is 1. The van der Waals surface area contributed by atoms with Crippen LogP contribution in [0.3, 0.4) is 0 Å². The number of benzene rings is 1. The highest BCUT2D eigenvalue weighted by Gasteiger charge is 2.10. The van der Waals surface area contributed by atoms with Gasteiger partial charge in [0.1, 0.15) is 5.75 Å². The van der Waals surface area contributed by atoms with Crippen LogP contribution in [0.2, 0.25) is 0 Å². The van der Waals surface area contributed by atoms with Crippen LogP contribution < -0.4 is 10.1 Å². The third kappa shape index (κ3) is 5.40. The summed E-state index contributed by atoms with van der Waals surface area (Å²) in [5.41, 5.74) is 1.12. The van der Waals surface area contributed by atoms with Crippen LogP contribution in [-0.4, -0.2) is 27.9 Å². The molecule has 1 aromatic heterocycles. The maximum Gasteiger partial charge on any atom is 0.277 e. The molecule has 118 valence electrons. The highest BCUT2D eigenvalue weighted by Crippen LogP contribution is 2.18. The molecule has 2 rings (SSSR count). The summed E-state index contributed by atoms with van der Waals surface area (Å²) in [6, 6.07) is 7.84. The Morgan fingerprint density at radius 2 is 2.23 bits per heavy atom. The maximum absolute atomic E-state index is 11.5. The number of rotatable bonds is 7. The van der Waals surface area contributed by atoms with Gasteiger partial charge in [0.05, 0.1) is 5.75 Å². The fraction of sp³-hybridized carbons (Fsp3) is 0.400. The lowest BCUT2D eigenvalue weighted by molar-refractivity contribution is -0.119. The number of nitrogens with zero attached hydrogens (tertiary/aromatic N) is 2. The van der Waals surface area contributed by atoms with Crippen LogP contribution in [0.15, 0.2) is 33.9 Å². The van der Waals surface area contributed by atoms with Gasteiger partial charge in [-0.2, -0.15) is 0 Å². The van der Waals surface area contributed by atoms with Crippen LogP contribution in [-0.2, 0) is 11.4 Å². The molecule has 2 aromatic rings. The average molecular weight is 321 g/mol. The lowest BCUT2D eigenvalue weighted by Gasteiger charge is -2.06. The number of hydrogen-bond acceptors (Lipinski definition) is 6. The van der Waals surface area contributed by atoms with E-state index in [0.717, 1.165) is 11.3 Å². The molecule has 22 heavy (non-hydrogen) atoms. The normalized spacial score (nSPS) is 10.7. The van der Waals surface area contributed by atoms with Crippen LogP contribution >= 0.6 is 11.8 Å². The van der Waals surface area contributed by atoms with E-state index in [1.165, 1.54) is 11.8 Å². The molecule has 1 aromatic carbocycles. The van der Waals surface area contributed by atoms with E-state index in [9.17, 15) is 4.79 Å². The third-order valence-corrected chi connectivity index (χ3v) is 3.40. The van der Waals surface area contributed by atoms with Crippen molar-refractivity contribution in [1.82, 2.24) is 15.5 Å². The van der Waals surface area contributed by atoms with Crippen molar-refractivity contribution in [2.75, 3.05) is 5.75 Å². The molecule has 1 amide bonds. The molecule has 0 aliphatic rings. The van der Waals surface area contributed by atoms with Gasteiger partial charge in [0.15, 0.2) is 6.61 Å². The van der Waals surface area contributed by atoms with Crippen molar-refractivity contribution in [1.29, 1.82) is 0 Å². The Balaban J connectivity index is 1.80. The van der Waals surface area contributed by atoms with Gasteiger partial charge in [0.25, 0.3) is 11.1 Å². The minimum atomic E-state index is -0.0595. The molecule has 6 nitrogen and oxygen atoms in total. The summed E-state index contributed by atoms with van der Waals surface area (Å²) in [5, 5.41) is 10.9. The number of carbonyl (C=O) groups is 1. The van der Waals surface area contributed by atoms with Gasteiger partial charge >= 0.3 is 0 Å². The molecule has 0 fully saturated rings. The van der Waals surface area contributed by atoms with E-state index in [-0.39, 0.29) is 24.3 Å². The molecule has 1 N–H and O–H groups in total. The maximum atomic E-state index is 11.5. The van der Waals surface area contributed by atoms with E-state index in [2.05, 4.69) is 15.5 Å². The molecule has 0 aliphatic heterocycles. The first-order valence-corrected chi connectivity index (χ1v) is 7.95. The van der Waals surface area contributed by atoms with Crippen LogP contribution in [0.1, 0.15) is 25.3 Å². The van der Waals surface area contributed by atoms with Crippen molar-refractivity contribution in [3.8, 4) is 5.75 Å². The Morgan fingerprint density at radius 3 is 2.95 bits per heavy atom. The molecule has 0 spiro atoms. The Morgan fingerprint density at radius 1 is 1.41 bits per heavy atom. The summed E-state index contributed by atoms with van der Waals surface area (Å²) < 4.78 is 11.0. The topological polar surface area (TPSA) is 77.2 Å². The first-order chi connectivity index (χ1) is 10.5. The van der Waals surface area contributed by atoms with Crippen molar-refractivity contribution < 1.29 is 13.9 Å². The zero-order chi connectivity index (χ0) is 15.9. The first kappa shape index (κ1) is 16.4. The first-order valence-electron chi connectivity index (χ1n) is 6.97. The standard InChI is InChI=1S/C15H19N3O3S/c1-10(2)16-13(19)9-22-15-18-17-14(21-15)8-20-12-6-4-5-11(3)7-12/h4-7,10H,8-9H2,1-3H3,(H,16,19). The molecule has 0 radical (unpaired) electrons. The van der Waals surface area contributed by atoms with E-state index in [0.29, 0.717) is 11.1 Å². The molecule has 0 saturated carbocycles. The Kier molecular flexibility index (Phi) is 5.83. The van der Waals surface area contributed by atoms with Gasteiger partial charge in [-0.05, 0) is 38.5 Å². The second-order valence-electron chi connectivity index (χ2n) is 5.08. The Labute approximate surface area is 133 Å². The second kappa shape index (κ2) is 7.84. The quantitative estimate of drug-likeness (QED) is 0.790. The van der Waals surface area contributed by atoms with Gasteiger partial charge in [-0.3, -0.25) is 4.79 Å². The van der Waals surface area contributed by atoms with Gasteiger partial charge < -0.3 is 14.5 Å². The van der Waals surface area contributed by atoms with Gasteiger partial charge in [-0.15, -0.1) is 10.2 Å². The van der Waals surface area contributed by atoms with E-state index >= 15 is 0 Å². The number of hydrogen-bond donors (Lipinski definition) is 1. The molecule has 0 unspecified atom stereocenters. The summed E-state index contributed by atoms with van der Waals surface area (Å²) in [4.78, 5) is 11.5. The molecule has 7 heteroatoms. The molecule has 0 bridgehead atoms. The summed E-state index contributed by atoms with van der Waals surface area (Å²) >= 11 is 1.21. The third-order valence-electron chi connectivity index (χ3n) is 2.58. The van der Waals surface area contributed by atoms with Crippen molar-refractivity contribution in [2.24, 2.45) is 0 Å². The molecule has 0 atom stereocenters. The molecule has 1 heterocycles. The van der Waals surface area contributed by atoms with Crippen molar-refractivity contribution in [3.05, 3.63) is 35.7 Å². The number of ether oxygens (including phenoxy) is 1. The van der Waals surface area contributed by atoms with E-state index in [1.54, 1.807) is 0 Å². The van der Waals surface area contributed by atoms with Crippen molar-refractivity contribution in [2.45, 2.75) is 38.6 Å². The summed E-state index contributed by atoms with van der Waals surface area (Å²) in [7, 11) is 0. The SMILES string of the molecule is Cc1cccc(OCc2nnc(SCC(=O)NC(C)C)o2)c1. The number of nitrogens with one attached hydrogen (secondary N) is 1. The number of carbonyl (C=O) groups excluding carboxylic acids is 1. The molecular formula is C15H19N3O3S. The number of thioether (sulfide) groups is 1. The van der Waals surface area contributed by atoms with Gasteiger partial charge in [0.2, 0.25) is 5.91 Å². The van der Waals surface area contributed by atoms with Crippen molar-refractivity contribution >= 4 is 17.7 Å². The summed E-state index contributed by atoms with van der Waals surface area (Å²) in [6.07, 6.45) is 0. The predicted octanol–water partition coefficient (Wildman–Crippen LogP) is 2.57. The number of amides is 1. The zero-order valence-corrected chi connectivity index (χ0v) is 13.6.